The number of hydrogen-bond donors (Lipinski definition) is 1. The molecule has 0 spiro atoms. The minimum absolute atomic E-state index is 0.179. The van der Waals surface area contributed by atoms with Crippen LogP contribution >= 0.6 is 0 Å². The number of hydrogen-bond acceptors (Lipinski definition) is 1. The Bertz CT molecular complexity index is 150. The van der Waals surface area contributed by atoms with Crippen LogP contribution in [0.25, 0.3) is 0 Å². The molecule has 0 saturated carbocycles. The molecule has 0 atom stereocenters. The van der Waals surface area contributed by atoms with Gasteiger partial charge in [-0.2, -0.15) is 0 Å². The normalized spacial score (nSPS) is 8.00. The quantitative estimate of drug-likeness (QED) is 0.509. The van der Waals surface area contributed by atoms with Gasteiger partial charge in [0, 0.05) is 6.04 Å². The molecule has 9 heavy (non-hydrogen) atoms. The molecule has 2 heteroatoms. The molecule has 0 saturated heterocycles. The summed E-state index contributed by atoms with van der Waals surface area (Å²) in [7, 11) is 0. The molecule has 1 N–H and O–H groups in total. The van der Waals surface area contributed by atoms with E-state index in [1.165, 1.54) is 0 Å². The summed E-state index contributed by atoms with van der Waals surface area (Å²) < 4.78 is 0. The van der Waals surface area contributed by atoms with E-state index in [-0.39, 0.29) is 11.9 Å². The van der Waals surface area contributed by atoms with Crippen molar-refractivity contribution in [1.29, 1.82) is 0 Å². The molecule has 2 nitrogen and oxygen atoms in total. The zero-order chi connectivity index (χ0) is 7.28. The minimum Gasteiger partial charge on any atom is -0.343 e. The fourth-order valence-corrected chi connectivity index (χ4v) is 0.412. The molecule has 0 fully saturated rings. The molecule has 50 valence electrons. The van der Waals surface area contributed by atoms with Crippen LogP contribution in [-0.2, 0) is 4.79 Å². The van der Waals surface area contributed by atoms with Gasteiger partial charge in [-0.1, -0.05) is 5.92 Å². The maximum atomic E-state index is 10.6. The van der Waals surface area contributed by atoms with Crippen LogP contribution in [0.5, 0.6) is 0 Å². The summed E-state index contributed by atoms with van der Waals surface area (Å²) in [5.41, 5.74) is 0. The molecule has 0 aromatic carbocycles. The number of carbonyl (C=O) groups excluding carboxylic acids is 1. The van der Waals surface area contributed by atoms with Crippen LogP contribution in [0.1, 0.15) is 20.8 Å². The molecular weight excluding hydrogens is 114 g/mol. The van der Waals surface area contributed by atoms with E-state index in [9.17, 15) is 4.79 Å². The first-order chi connectivity index (χ1) is 4.16. The van der Waals surface area contributed by atoms with Crippen LogP contribution in [0.4, 0.5) is 0 Å². The molecule has 0 aliphatic rings. The summed E-state index contributed by atoms with van der Waals surface area (Å²) in [6.45, 7) is 5.43. The second kappa shape index (κ2) is 3.96. The number of rotatable bonds is 1. The first kappa shape index (κ1) is 8.03. The topological polar surface area (TPSA) is 29.1 Å². The fraction of sp³-hybridized carbons (Fsp3) is 0.571. The van der Waals surface area contributed by atoms with Crippen molar-refractivity contribution in [2.75, 3.05) is 0 Å². The van der Waals surface area contributed by atoms with Gasteiger partial charge in [0.2, 0.25) is 0 Å². The molecule has 0 radical (unpaired) electrons. The summed E-state index contributed by atoms with van der Waals surface area (Å²) in [6.07, 6.45) is 0. The van der Waals surface area contributed by atoms with E-state index >= 15 is 0 Å². The van der Waals surface area contributed by atoms with Gasteiger partial charge in [0.1, 0.15) is 0 Å². The van der Waals surface area contributed by atoms with E-state index in [2.05, 4.69) is 17.2 Å². The largest absolute Gasteiger partial charge is 0.343 e. The van der Waals surface area contributed by atoms with Gasteiger partial charge < -0.3 is 5.32 Å². The highest BCUT2D eigenvalue weighted by molar-refractivity contribution is 5.93. The number of amides is 1. The van der Waals surface area contributed by atoms with Crippen molar-refractivity contribution in [2.24, 2.45) is 0 Å². The first-order valence-electron chi connectivity index (χ1n) is 2.90. The molecule has 0 rings (SSSR count). The van der Waals surface area contributed by atoms with Crippen molar-refractivity contribution < 1.29 is 4.79 Å². The Hall–Kier alpha value is -0.970. The van der Waals surface area contributed by atoms with Crippen molar-refractivity contribution in [2.45, 2.75) is 26.8 Å². The highest BCUT2D eigenvalue weighted by atomic mass is 16.1. The second-order valence-electron chi connectivity index (χ2n) is 2.00. The highest BCUT2D eigenvalue weighted by Crippen LogP contribution is 1.74. The monoisotopic (exact) mass is 125 g/mol. The summed E-state index contributed by atoms with van der Waals surface area (Å²) in [4.78, 5) is 10.6. The summed E-state index contributed by atoms with van der Waals surface area (Å²) in [5, 5.41) is 2.63. The third-order valence-corrected chi connectivity index (χ3v) is 0.658. The summed E-state index contributed by atoms with van der Waals surface area (Å²) in [6, 6.07) is 0.179. The Labute approximate surface area is 55.6 Å². The van der Waals surface area contributed by atoms with Gasteiger partial charge in [-0.05, 0) is 26.7 Å². The summed E-state index contributed by atoms with van der Waals surface area (Å²) >= 11 is 0. The lowest BCUT2D eigenvalue weighted by Gasteiger charge is -2.01. The van der Waals surface area contributed by atoms with Crippen molar-refractivity contribution in [3.63, 3.8) is 0 Å². The average Bonchev–Trinajstić information content (AvgIpc) is 1.63. The lowest BCUT2D eigenvalue weighted by molar-refractivity contribution is -0.116. The molecule has 0 aromatic rings. The molecule has 0 aliphatic heterocycles. The lowest BCUT2D eigenvalue weighted by atomic mass is 10.4. The van der Waals surface area contributed by atoms with E-state index in [1.807, 2.05) is 13.8 Å². The summed E-state index contributed by atoms with van der Waals surface area (Å²) in [5.74, 6) is 4.69. The molecule has 0 aliphatic carbocycles. The van der Waals surface area contributed by atoms with Crippen molar-refractivity contribution in [1.82, 2.24) is 5.32 Å². The lowest BCUT2D eigenvalue weighted by Crippen LogP contribution is -2.28. The molecule has 0 aromatic heterocycles. The average molecular weight is 125 g/mol. The van der Waals surface area contributed by atoms with Crippen molar-refractivity contribution in [3.05, 3.63) is 0 Å². The van der Waals surface area contributed by atoms with Gasteiger partial charge in [0.25, 0.3) is 5.91 Å². The smallest absolute Gasteiger partial charge is 0.296 e. The molecule has 0 unspecified atom stereocenters. The predicted octanol–water partition coefficient (Wildman–Crippen LogP) is 0.534. The highest BCUT2D eigenvalue weighted by Gasteiger charge is 1.95. The third kappa shape index (κ3) is 4.89. The van der Waals surface area contributed by atoms with E-state index in [4.69, 9.17) is 0 Å². The Morgan fingerprint density at radius 1 is 1.56 bits per heavy atom. The van der Waals surface area contributed by atoms with Gasteiger partial charge in [-0.25, -0.2) is 0 Å². The maximum absolute atomic E-state index is 10.6. The second-order valence-corrected chi connectivity index (χ2v) is 2.00. The zero-order valence-corrected chi connectivity index (χ0v) is 5.99. The standard InChI is InChI=1S/C7H11NO/c1-4-5-7(9)8-6(2)3/h6H,1-3H3,(H,8,9). The van der Waals surface area contributed by atoms with Crippen molar-refractivity contribution >= 4 is 5.91 Å². The maximum Gasteiger partial charge on any atom is 0.296 e. The fourth-order valence-electron chi connectivity index (χ4n) is 0.412. The van der Waals surface area contributed by atoms with Crippen LogP contribution < -0.4 is 5.32 Å². The van der Waals surface area contributed by atoms with Crippen LogP contribution in [0, 0.1) is 11.8 Å². The molecular formula is C7H11NO. The Morgan fingerprint density at radius 2 is 2.11 bits per heavy atom. The Morgan fingerprint density at radius 3 is 2.44 bits per heavy atom. The van der Waals surface area contributed by atoms with Crippen molar-refractivity contribution in [3.8, 4) is 11.8 Å². The van der Waals surface area contributed by atoms with Gasteiger partial charge in [-0.15, -0.1) is 0 Å². The molecule has 0 bridgehead atoms. The van der Waals surface area contributed by atoms with Crippen LogP contribution in [0.2, 0.25) is 0 Å². The van der Waals surface area contributed by atoms with E-state index in [1.54, 1.807) is 6.92 Å². The Balaban J connectivity index is 3.60. The first-order valence-corrected chi connectivity index (χ1v) is 2.90. The number of nitrogens with one attached hydrogen (secondary N) is 1. The molecule has 0 heterocycles. The van der Waals surface area contributed by atoms with E-state index in [0.29, 0.717) is 0 Å². The minimum atomic E-state index is -0.201. The molecule has 1 amide bonds. The van der Waals surface area contributed by atoms with Gasteiger partial charge in [0.15, 0.2) is 0 Å². The van der Waals surface area contributed by atoms with Crippen LogP contribution in [0.15, 0.2) is 0 Å². The van der Waals surface area contributed by atoms with E-state index < -0.39 is 0 Å². The predicted molar refractivity (Wildman–Crippen MR) is 36.7 cm³/mol. The zero-order valence-electron chi connectivity index (χ0n) is 5.99. The van der Waals surface area contributed by atoms with Gasteiger partial charge in [0.05, 0.1) is 0 Å². The van der Waals surface area contributed by atoms with Gasteiger partial charge in [-0.3, -0.25) is 4.79 Å². The van der Waals surface area contributed by atoms with Gasteiger partial charge >= 0.3 is 0 Å². The number of carbonyl (C=O) groups is 1. The van der Waals surface area contributed by atoms with Crippen LogP contribution in [-0.4, -0.2) is 11.9 Å². The third-order valence-electron chi connectivity index (χ3n) is 0.658. The SMILES string of the molecule is CC#CC(=O)NC(C)C. The van der Waals surface area contributed by atoms with E-state index in [0.717, 1.165) is 0 Å². The Kier molecular flexibility index (Phi) is 3.54. The van der Waals surface area contributed by atoms with Crippen LogP contribution in [0.3, 0.4) is 0 Å².